The molecule has 0 saturated carbocycles. The van der Waals surface area contributed by atoms with Gasteiger partial charge in [0.1, 0.15) is 0 Å². The van der Waals surface area contributed by atoms with Gasteiger partial charge in [-0.1, -0.05) is 0 Å². The average molecular weight is 220 g/mol. The third-order valence-corrected chi connectivity index (χ3v) is 2.95. The smallest absolute Gasteiger partial charge is 0.227 e. The fourth-order valence-corrected chi connectivity index (χ4v) is 2.11. The highest BCUT2D eigenvalue weighted by atomic mass is 35.5. The molecule has 2 saturated heterocycles. The van der Waals surface area contributed by atoms with Crippen LogP contribution in [0.1, 0.15) is 12.8 Å². The van der Waals surface area contributed by atoms with Gasteiger partial charge in [-0.05, 0) is 19.4 Å². The van der Waals surface area contributed by atoms with Gasteiger partial charge in [-0.3, -0.25) is 4.79 Å². The van der Waals surface area contributed by atoms with E-state index >= 15 is 0 Å². The Bertz CT molecular complexity index is 206. The predicted molar refractivity (Wildman–Crippen MR) is 57.4 cm³/mol. The molecule has 2 atom stereocenters. The fourth-order valence-electron chi connectivity index (χ4n) is 2.11. The third kappa shape index (κ3) is 2.38. The first kappa shape index (κ1) is 11.8. The monoisotopic (exact) mass is 219 g/mol. The Labute approximate surface area is 90.6 Å². The molecule has 0 spiro atoms. The van der Waals surface area contributed by atoms with Crippen LogP contribution >= 0.6 is 12.4 Å². The highest BCUT2D eigenvalue weighted by molar-refractivity contribution is 5.85. The minimum atomic E-state index is 0. The molecule has 0 aromatic carbocycles. The largest absolute Gasteiger partial charge is 0.341 e. The molecule has 0 aliphatic carbocycles. The Morgan fingerprint density at radius 3 is 2.71 bits per heavy atom. The summed E-state index contributed by atoms with van der Waals surface area (Å²) in [7, 11) is 0. The molecule has 0 bridgehead atoms. The van der Waals surface area contributed by atoms with Crippen LogP contribution in [0, 0.1) is 5.92 Å². The molecular formula is C9H18ClN3O. The maximum Gasteiger partial charge on any atom is 0.227 e. The summed E-state index contributed by atoms with van der Waals surface area (Å²) >= 11 is 0. The number of rotatable bonds is 1. The van der Waals surface area contributed by atoms with Crippen molar-refractivity contribution in [1.82, 2.24) is 10.2 Å². The first-order valence-electron chi connectivity index (χ1n) is 5.02. The van der Waals surface area contributed by atoms with Gasteiger partial charge in [0.15, 0.2) is 0 Å². The van der Waals surface area contributed by atoms with Crippen molar-refractivity contribution in [2.75, 3.05) is 26.2 Å². The third-order valence-electron chi connectivity index (χ3n) is 2.95. The van der Waals surface area contributed by atoms with Crippen LogP contribution in [0.4, 0.5) is 0 Å². The lowest BCUT2D eigenvalue weighted by atomic mass is 10.1. The Hall–Kier alpha value is -0.320. The van der Waals surface area contributed by atoms with Crippen LogP contribution < -0.4 is 11.1 Å². The molecule has 1 amide bonds. The van der Waals surface area contributed by atoms with Crippen LogP contribution in [0.2, 0.25) is 0 Å². The van der Waals surface area contributed by atoms with Gasteiger partial charge >= 0.3 is 0 Å². The van der Waals surface area contributed by atoms with E-state index in [0.717, 1.165) is 39.0 Å². The summed E-state index contributed by atoms with van der Waals surface area (Å²) in [5, 5.41) is 3.21. The molecule has 3 N–H and O–H groups in total. The zero-order valence-corrected chi connectivity index (χ0v) is 9.05. The molecule has 0 radical (unpaired) electrons. The number of amides is 1. The van der Waals surface area contributed by atoms with Gasteiger partial charge in [0.05, 0.1) is 5.92 Å². The van der Waals surface area contributed by atoms with E-state index in [1.165, 1.54) is 0 Å². The Balaban J connectivity index is 0.000000980. The van der Waals surface area contributed by atoms with Crippen molar-refractivity contribution in [2.24, 2.45) is 11.7 Å². The summed E-state index contributed by atoms with van der Waals surface area (Å²) in [6, 6.07) is 0.207. The van der Waals surface area contributed by atoms with E-state index in [0.29, 0.717) is 5.91 Å². The molecule has 0 aromatic rings. The first-order valence-corrected chi connectivity index (χ1v) is 5.02. The number of carbonyl (C=O) groups excluding carboxylic acids is 1. The van der Waals surface area contributed by atoms with Crippen LogP contribution in [0.15, 0.2) is 0 Å². The molecule has 2 aliphatic heterocycles. The van der Waals surface area contributed by atoms with Crippen molar-refractivity contribution in [2.45, 2.75) is 18.9 Å². The molecule has 5 heteroatoms. The highest BCUT2D eigenvalue weighted by Crippen LogP contribution is 2.15. The van der Waals surface area contributed by atoms with Crippen LogP contribution in [0.25, 0.3) is 0 Å². The maximum absolute atomic E-state index is 11.8. The van der Waals surface area contributed by atoms with Crippen LogP contribution in [0.3, 0.4) is 0 Å². The maximum atomic E-state index is 11.8. The molecule has 2 fully saturated rings. The minimum absolute atomic E-state index is 0. The normalized spacial score (nSPS) is 31.6. The molecule has 82 valence electrons. The van der Waals surface area contributed by atoms with E-state index in [1.54, 1.807) is 0 Å². The van der Waals surface area contributed by atoms with E-state index in [-0.39, 0.29) is 24.4 Å². The van der Waals surface area contributed by atoms with Gasteiger partial charge in [-0.2, -0.15) is 0 Å². The van der Waals surface area contributed by atoms with Crippen molar-refractivity contribution >= 4 is 18.3 Å². The second-order valence-corrected chi connectivity index (χ2v) is 4.02. The van der Waals surface area contributed by atoms with Gasteiger partial charge in [0.2, 0.25) is 5.91 Å². The summed E-state index contributed by atoms with van der Waals surface area (Å²) in [5.41, 5.74) is 5.75. The lowest BCUT2D eigenvalue weighted by molar-refractivity contribution is -0.133. The van der Waals surface area contributed by atoms with E-state index in [4.69, 9.17) is 5.73 Å². The number of hydrogen-bond donors (Lipinski definition) is 2. The number of nitrogens with zero attached hydrogens (tertiary/aromatic N) is 1. The second kappa shape index (κ2) is 4.96. The molecule has 0 unspecified atom stereocenters. The molecule has 4 nitrogen and oxygen atoms in total. The average Bonchev–Trinajstić information content (AvgIpc) is 2.72. The van der Waals surface area contributed by atoms with Gasteiger partial charge in [-0.25, -0.2) is 0 Å². The van der Waals surface area contributed by atoms with Crippen molar-refractivity contribution in [3.8, 4) is 0 Å². The van der Waals surface area contributed by atoms with Gasteiger partial charge in [0, 0.05) is 25.7 Å². The van der Waals surface area contributed by atoms with Crippen molar-refractivity contribution < 1.29 is 4.79 Å². The Kier molecular flexibility index (Phi) is 4.16. The zero-order valence-electron chi connectivity index (χ0n) is 8.24. The van der Waals surface area contributed by atoms with Crippen LogP contribution in [-0.2, 0) is 4.79 Å². The number of likely N-dealkylation sites (tertiary alicyclic amines) is 1. The Morgan fingerprint density at radius 1 is 1.43 bits per heavy atom. The van der Waals surface area contributed by atoms with Crippen molar-refractivity contribution in [1.29, 1.82) is 0 Å². The number of halogens is 1. The van der Waals surface area contributed by atoms with Crippen molar-refractivity contribution in [3.63, 3.8) is 0 Å². The second-order valence-electron chi connectivity index (χ2n) is 4.02. The summed E-state index contributed by atoms with van der Waals surface area (Å²) in [5.74, 6) is 0.517. The molecule has 2 aliphatic rings. The summed E-state index contributed by atoms with van der Waals surface area (Å²) in [6.07, 6.45) is 1.95. The molecular weight excluding hydrogens is 202 g/mol. The standard InChI is InChI=1S/C9H17N3O.ClH/c10-8-2-4-12(6-8)9(13)7-1-3-11-5-7;/h7-8,11H,1-6,10H2;1H/t7-,8+;/m1./s1. The van der Waals surface area contributed by atoms with E-state index in [2.05, 4.69) is 5.32 Å². The lowest BCUT2D eigenvalue weighted by Crippen LogP contribution is -2.37. The minimum Gasteiger partial charge on any atom is -0.341 e. The predicted octanol–water partition coefficient (Wildman–Crippen LogP) is -0.423. The van der Waals surface area contributed by atoms with E-state index < -0.39 is 0 Å². The lowest BCUT2D eigenvalue weighted by Gasteiger charge is -2.19. The van der Waals surface area contributed by atoms with Crippen LogP contribution in [-0.4, -0.2) is 43.0 Å². The molecule has 14 heavy (non-hydrogen) atoms. The zero-order chi connectivity index (χ0) is 9.26. The molecule has 2 heterocycles. The van der Waals surface area contributed by atoms with E-state index in [9.17, 15) is 4.79 Å². The topological polar surface area (TPSA) is 58.4 Å². The molecule has 2 rings (SSSR count). The van der Waals surface area contributed by atoms with Gasteiger partial charge in [-0.15, -0.1) is 12.4 Å². The van der Waals surface area contributed by atoms with Crippen LogP contribution in [0.5, 0.6) is 0 Å². The number of nitrogens with two attached hydrogens (primary N) is 1. The number of carbonyl (C=O) groups is 1. The fraction of sp³-hybridized carbons (Fsp3) is 0.889. The van der Waals surface area contributed by atoms with Crippen molar-refractivity contribution in [3.05, 3.63) is 0 Å². The summed E-state index contributed by atoms with van der Waals surface area (Å²) in [4.78, 5) is 13.7. The SMILES string of the molecule is Cl.N[C@H]1CCN(C(=O)[C@@H]2CCNC2)C1. The molecule has 0 aromatic heterocycles. The van der Waals surface area contributed by atoms with Gasteiger partial charge in [0.25, 0.3) is 0 Å². The summed E-state index contributed by atoms with van der Waals surface area (Å²) in [6.45, 7) is 3.45. The number of hydrogen-bond acceptors (Lipinski definition) is 3. The quantitative estimate of drug-likeness (QED) is 0.630. The van der Waals surface area contributed by atoms with E-state index in [1.807, 2.05) is 4.90 Å². The van der Waals surface area contributed by atoms with Gasteiger partial charge < -0.3 is 16.0 Å². The first-order chi connectivity index (χ1) is 6.27. The Morgan fingerprint density at radius 2 is 2.21 bits per heavy atom. The highest BCUT2D eigenvalue weighted by Gasteiger charge is 2.30. The number of nitrogens with one attached hydrogen (secondary N) is 1. The summed E-state index contributed by atoms with van der Waals surface area (Å²) < 4.78 is 0.